The Balaban J connectivity index is 1.85. The molecular weight excluding hydrogens is 248 g/mol. The van der Waals surface area contributed by atoms with Crippen molar-refractivity contribution in [2.75, 3.05) is 0 Å². The standard InChI is InChI=1S/C11H12N6O2/c18-9-7-8(17-10(16-9)12-5-13-17)15-11(14-7)19-6-3-1-2-4-6/h5-6H,1-4H2,(H,14,15)(H,12,13,16,18). The van der Waals surface area contributed by atoms with E-state index in [1.165, 1.54) is 23.7 Å². The Hall–Kier alpha value is -2.38. The second-order valence-electron chi connectivity index (χ2n) is 4.71. The van der Waals surface area contributed by atoms with Gasteiger partial charge in [0.15, 0.2) is 11.2 Å². The number of rotatable bonds is 2. The predicted molar refractivity (Wildman–Crippen MR) is 66.1 cm³/mol. The first-order valence-electron chi connectivity index (χ1n) is 6.29. The van der Waals surface area contributed by atoms with Gasteiger partial charge in [-0.25, -0.2) is 0 Å². The fraction of sp³-hybridized carbons (Fsp3) is 0.455. The molecule has 0 aliphatic heterocycles. The second kappa shape index (κ2) is 3.81. The zero-order chi connectivity index (χ0) is 12.8. The minimum Gasteiger partial charge on any atom is -0.461 e. The Labute approximate surface area is 106 Å². The van der Waals surface area contributed by atoms with Crippen molar-refractivity contribution in [2.24, 2.45) is 0 Å². The van der Waals surface area contributed by atoms with Crippen LogP contribution in [0.5, 0.6) is 6.01 Å². The van der Waals surface area contributed by atoms with E-state index >= 15 is 0 Å². The van der Waals surface area contributed by atoms with Crippen LogP contribution in [-0.4, -0.2) is 35.7 Å². The number of fused-ring (bicyclic) bond motifs is 3. The molecule has 0 spiro atoms. The molecule has 4 rings (SSSR count). The number of hydrogen-bond acceptors (Lipinski definition) is 5. The maximum Gasteiger partial charge on any atom is 0.296 e. The molecule has 19 heavy (non-hydrogen) atoms. The number of nitrogens with one attached hydrogen (secondary N) is 2. The number of aromatic amines is 2. The molecule has 3 aromatic heterocycles. The minimum atomic E-state index is -0.274. The molecule has 0 saturated heterocycles. The average Bonchev–Trinajstić information content (AvgIpc) is 3.07. The first kappa shape index (κ1) is 10.5. The van der Waals surface area contributed by atoms with E-state index in [1.807, 2.05) is 0 Å². The van der Waals surface area contributed by atoms with E-state index in [1.54, 1.807) is 0 Å². The first-order valence-corrected chi connectivity index (χ1v) is 6.29. The Bertz CT molecular complexity index is 794. The van der Waals surface area contributed by atoms with Crippen LogP contribution in [0, 0.1) is 0 Å². The zero-order valence-corrected chi connectivity index (χ0v) is 10.1. The zero-order valence-electron chi connectivity index (χ0n) is 10.1. The SMILES string of the molecule is O=c1[nH]c2ncnn2c2nc(OC3CCCC3)[nH]c12. The highest BCUT2D eigenvalue weighted by molar-refractivity contribution is 5.72. The van der Waals surface area contributed by atoms with Gasteiger partial charge in [0, 0.05) is 0 Å². The van der Waals surface area contributed by atoms with Crippen molar-refractivity contribution in [3.63, 3.8) is 0 Å². The van der Waals surface area contributed by atoms with Gasteiger partial charge in [-0.1, -0.05) is 0 Å². The van der Waals surface area contributed by atoms with Gasteiger partial charge < -0.3 is 9.72 Å². The van der Waals surface area contributed by atoms with Crippen LogP contribution in [-0.2, 0) is 0 Å². The summed E-state index contributed by atoms with van der Waals surface area (Å²) in [5, 5.41) is 4.03. The highest BCUT2D eigenvalue weighted by Crippen LogP contribution is 2.23. The first-order chi connectivity index (χ1) is 9.31. The topological polar surface area (TPSA) is 101 Å². The van der Waals surface area contributed by atoms with E-state index in [-0.39, 0.29) is 11.7 Å². The quantitative estimate of drug-likeness (QED) is 0.703. The molecule has 0 aromatic carbocycles. The summed E-state index contributed by atoms with van der Waals surface area (Å²) in [5.74, 6) is 0.372. The summed E-state index contributed by atoms with van der Waals surface area (Å²) in [6.07, 6.45) is 5.98. The normalized spacial score (nSPS) is 16.6. The number of aromatic nitrogens is 6. The lowest BCUT2D eigenvalue weighted by molar-refractivity contribution is 0.195. The van der Waals surface area contributed by atoms with E-state index in [0.29, 0.717) is 23.0 Å². The van der Waals surface area contributed by atoms with E-state index in [0.717, 1.165) is 12.8 Å². The summed E-state index contributed by atoms with van der Waals surface area (Å²) < 4.78 is 7.24. The lowest BCUT2D eigenvalue weighted by Crippen LogP contribution is -2.11. The van der Waals surface area contributed by atoms with Crippen molar-refractivity contribution in [2.45, 2.75) is 31.8 Å². The van der Waals surface area contributed by atoms with Gasteiger partial charge in [0.2, 0.25) is 5.78 Å². The fourth-order valence-corrected chi connectivity index (χ4v) is 2.52. The van der Waals surface area contributed by atoms with Crippen molar-refractivity contribution < 1.29 is 4.74 Å². The van der Waals surface area contributed by atoms with Crippen LogP contribution in [0.4, 0.5) is 0 Å². The van der Waals surface area contributed by atoms with Crippen LogP contribution < -0.4 is 10.3 Å². The molecule has 8 nitrogen and oxygen atoms in total. The van der Waals surface area contributed by atoms with E-state index in [4.69, 9.17) is 4.74 Å². The molecule has 1 aliphatic carbocycles. The molecule has 2 N–H and O–H groups in total. The second-order valence-corrected chi connectivity index (χ2v) is 4.71. The largest absolute Gasteiger partial charge is 0.461 e. The van der Waals surface area contributed by atoms with Gasteiger partial charge in [-0.15, -0.1) is 0 Å². The Morgan fingerprint density at radius 3 is 3.00 bits per heavy atom. The molecule has 1 saturated carbocycles. The summed E-state index contributed by atoms with van der Waals surface area (Å²) in [6, 6.07) is 0.371. The third-order valence-corrected chi connectivity index (χ3v) is 3.44. The smallest absolute Gasteiger partial charge is 0.296 e. The van der Waals surface area contributed by atoms with Crippen LogP contribution in [0.1, 0.15) is 25.7 Å². The van der Waals surface area contributed by atoms with Crippen molar-refractivity contribution in [3.05, 3.63) is 16.7 Å². The van der Waals surface area contributed by atoms with Crippen LogP contribution in [0.3, 0.4) is 0 Å². The lowest BCUT2D eigenvalue weighted by atomic mass is 10.3. The molecule has 0 unspecified atom stereocenters. The fourth-order valence-electron chi connectivity index (χ4n) is 2.52. The monoisotopic (exact) mass is 260 g/mol. The molecule has 0 bridgehead atoms. The third-order valence-electron chi connectivity index (χ3n) is 3.44. The summed E-state index contributed by atoms with van der Waals surface area (Å²) in [4.78, 5) is 25.7. The van der Waals surface area contributed by atoms with Crippen LogP contribution in [0.25, 0.3) is 16.9 Å². The Morgan fingerprint density at radius 1 is 1.32 bits per heavy atom. The molecule has 98 valence electrons. The van der Waals surface area contributed by atoms with Crippen LogP contribution in [0.2, 0.25) is 0 Å². The molecule has 8 heteroatoms. The minimum absolute atomic E-state index is 0.186. The Morgan fingerprint density at radius 2 is 2.16 bits per heavy atom. The molecule has 0 radical (unpaired) electrons. The van der Waals surface area contributed by atoms with Gasteiger partial charge in [-0.3, -0.25) is 9.78 Å². The van der Waals surface area contributed by atoms with Gasteiger partial charge in [0.25, 0.3) is 11.6 Å². The number of nitrogens with zero attached hydrogens (tertiary/aromatic N) is 4. The molecule has 0 amide bonds. The maximum absolute atomic E-state index is 11.9. The van der Waals surface area contributed by atoms with E-state index in [2.05, 4.69) is 25.0 Å². The van der Waals surface area contributed by atoms with Crippen LogP contribution in [0.15, 0.2) is 11.1 Å². The predicted octanol–water partition coefficient (Wildman–Crippen LogP) is 0.615. The summed E-state index contributed by atoms with van der Waals surface area (Å²) in [6.45, 7) is 0. The number of H-pyrrole nitrogens is 2. The van der Waals surface area contributed by atoms with Gasteiger partial charge >= 0.3 is 0 Å². The van der Waals surface area contributed by atoms with Crippen molar-refractivity contribution in [1.29, 1.82) is 0 Å². The van der Waals surface area contributed by atoms with E-state index in [9.17, 15) is 4.79 Å². The average molecular weight is 260 g/mol. The number of ether oxygens (including phenoxy) is 1. The maximum atomic E-state index is 11.9. The van der Waals surface area contributed by atoms with Gasteiger partial charge in [-0.2, -0.15) is 19.6 Å². The Kier molecular flexibility index (Phi) is 2.11. The van der Waals surface area contributed by atoms with Crippen molar-refractivity contribution in [1.82, 2.24) is 29.5 Å². The third kappa shape index (κ3) is 1.60. The highest BCUT2D eigenvalue weighted by Gasteiger charge is 2.19. The highest BCUT2D eigenvalue weighted by atomic mass is 16.5. The van der Waals surface area contributed by atoms with Gasteiger partial charge in [0.1, 0.15) is 12.4 Å². The molecular formula is C11H12N6O2. The van der Waals surface area contributed by atoms with Crippen LogP contribution >= 0.6 is 0 Å². The van der Waals surface area contributed by atoms with Crippen molar-refractivity contribution in [3.8, 4) is 6.01 Å². The molecule has 1 aliphatic rings. The molecule has 1 fully saturated rings. The number of imidazole rings is 1. The summed E-state index contributed by atoms with van der Waals surface area (Å²) >= 11 is 0. The summed E-state index contributed by atoms with van der Waals surface area (Å²) in [5.41, 5.74) is 0.513. The van der Waals surface area contributed by atoms with Gasteiger partial charge in [0.05, 0.1) is 0 Å². The van der Waals surface area contributed by atoms with Gasteiger partial charge in [-0.05, 0) is 25.7 Å². The summed E-state index contributed by atoms with van der Waals surface area (Å²) in [7, 11) is 0. The molecule has 3 aromatic rings. The van der Waals surface area contributed by atoms with Crippen molar-refractivity contribution >= 4 is 16.9 Å². The molecule has 3 heterocycles. The lowest BCUT2D eigenvalue weighted by Gasteiger charge is -2.08. The van der Waals surface area contributed by atoms with E-state index < -0.39 is 0 Å². The number of hydrogen-bond donors (Lipinski definition) is 2. The molecule has 0 atom stereocenters.